The van der Waals surface area contributed by atoms with Gasteiger partial charge in [-0.1, -0.05) is 12.1 Å². The molecule has 0 radical (unpaired) electrons. The predicted molar refractivity (Wildman–Crippen MR) is 66.1 cm³/mol. The van der Waals surface area contributed by atoms with Gasteiger partial charge >= 0.3 is 0 Å². The molecule has 2 aromatic rings. The van der Waals surface area contributed by atoms with Crippen LogP contribution >= 0.6 is 0 Å². The third kappa shape index (κ3) is 2.00. The Balaban J connectivity index is 2.11. The largest absolute Gasteiger partial charge is 0.397 e. The normalized spacial score (nSPS) is 10.4. The van der Waals surface area contributed by atoms with E-state index < -0.39 is 0 Å². The van der Waals surface area contributed by atoms with Crippen LogP contribution in [0.2, 0.25) is 0 Å². The first-order valence-corrected chi connectivity index (χ1v) is 5.23. The van der Waals surface area contributed by atoms with E-state index in [1.807, 2.05) is 42.9 Å². The maximum absolute atomic E-state index is 5.97. The van der Waals surface area contributed by atoms with Crippen molar-refractivity contribution in [3.05, 3.63) is 42.0 Å². The molecular formula is C12H16N4. The highest BCUT2D eigenvalue weighted by molar-refractivity contribution is 5.69. The summed E-state index contributed by atoms with van der Waals surface area (Å²) in [4.78, 5) is 4.24. The van der Waals surface area contributed by atoms with E-state index >= 15 is 0 Å². The van der Waals surface area contributed by atoms with E-state index in [4.69, 9.17) is 5.73 Å². The number of nitrogens with one attached hydrogen (secondary N) is 1. The second kappa shape index (κ2) is 4.26. The van der Waals surface area contributed by atoms with Crippen LogP contribution in [0, 0.1) is 6.92 Å². The highest BCUT2D eigenvalue weighted by Gasteiger charge is 2.02. The van der Waals surface area contributed by atoms with Gasteiger partial charge in [-0.25, -0.2) is 4.98 Å². The van der Waals surface area contributed by atoms with Gasteiger partial charge in [-0.15, -0.1) is 0 Å². The molecule has 0 unspecified atom stereocenters. The molecule has 1 aromatic carbocycles. The molecule has 4 nitrogen and oxygen atoms in total. The summed E-state index contributed by atoms with van der Waals surface area (Å²) in [6, 6.07) is 5.97. The van der Waals surface area contributed by atoms with Crippen molar-refractivity contribution in [2.75, 3.05) is 11.1 Å². The molecule has 0 fully saturated rings. The molecule has 0 bridgehead atoms. The molecule has 1 aromatic heterocycles. The predicted octanol–water partition coefficient (Wildman–Crippen LogP) is 1.92. The number of nitrogen functional groups attached to an aromatic ring is 1. The highest BCUT2D eigenvalue weighted by Crippen LogP contribution is 2.21. The summed E-state index contributed by atoms with van der Waals surface area (Å²) >= 11 is 0. The molecule has 0 saturated carbocycles. The monoisotopic (exact) mass is 216 g/mol. The van der Waals surface area contributed by atoms with Gasteiger partial charge in [0.1, 0.15) is 5.82 Å². The van der Waals surface area contributed by atoms with Gasteiger partial charge < -0.3 is 15.6 Å². The molecule has 0 spiro atoms. The zero-order valence-corrected chi connectivity index (χ0v) is 9.57. The van der Waals surface area contributed by atoms with E-state index in [2.05, 4.69) is 10.3 Å². The number of aryl methyl sites for hydroxylation is 2. The lowest BCUT2D eigenvalue weighted by atomic mass is 10.2. The second-order valence-corrected chi connectivity index (χ2v) is 3.84. The van der Waals surface area contributed by atoms with Crippen molar-refractivity contribution in [1.82, 2.24) is 9.55 Å². The quantitative estimate of drug-likeness (QED) is 0.771. The molecule has 2 rings (SSSR count). The van der Waals surface area contributed by atoms with E-state index in [1.54, 1.807) is 6.20 Å². The Hall–Kier alpha value is -1.97. The minimum atomic E-state index is 0.678. The molecule has 0 aliphatic rings. The van der Waals surface area contributed by atoms with Gasteiger partial charge in [-0.3, -0.25) is 0 Å². The molecule has 84 valence electrons. The van der Waals surface area contributed by atoms with E-state index in [0.29, 0.717) is 6.54 Å². The van der Waals surface area contributed by atoms with Gasteiger partial charge in [0.15, 0.2) is 0 Å². The third-order valence-corrected chi connectivity index (χ3v) is 2.68. The lowest BCUT2D eigenvalue weighted by molar-refractivity contribution is 0.813. The van der Waals surface area contributed by atoms with Crippen molar-refractivity contribution in [3.63, 3.8) is 0 Å². The first kappa shape index (κ1) is 10.5. The number of rotatable bonds is 3. The molecule has 4 heteroatoms. The van der Waals surface area contributed by atoms with Gasteiger partial charge in [0.05, 0.1) is 17.9 Å². The number of nitrogens with two attached hydrogens (primary N) is 1. The van der Waals surface area contributed by atoms with Crippen molar-refractivity contribution < 1.29 is 0 Å². The van der Waals surface area contributed by atoms with Crippen molar-refractivity contribution in [1.29, 1.82) is 0 Å². The zero-order chi connectivity index (χ0) is 11.5. The topological polar surface area (TPSA) is 55.9 Å². The van der Waals surface area contributed by atoms with Crippen molar-refractivity contribution >= 4 is 11.4 Å². The number of hydrogen-bond donors (Lipinski definition) is 2. The van der Waals surface area contributed by atoms with Crippen LogP contribution < -0.4 is 11.1 Å². The Kier molecular flexibility index (Phi) is 2.81. The van der Waals surface area contributed by atoms with Crippen LogP contribution in [0.5, 0.6) is 0 Å². The number of aromatic nitrogens is 2. The van der Waals surface area contributed by atoms with Gasteiger partial charge in [0.25, 0.3) is 0 Å². The average molecular weight is 216 g/mol. The number of nitrogens with zero attached hydrogens (tertiary/aromatic N) is 2. The Morgan fingerprint density at radius 2 is 2.25 bits per heavy atom. The average Bonchev–Trinajstić information content (AvgIpc) is 2.67. The first-order chi connectivity index (χ1) is 7.68. The fourth-order valence-corrected chi connectivity index (χ4v) is 1.58. The molecule has 0 atom stereocenters. The standard InChI is InChI=1S/C12H16N4/c1-9-4-3-5-10(12(9)13)15-8-11-14-6-7-16(11)2/h3-7,15H,8,13H2,1-2H3. The number of para-hydroxylation sites is 1. The van der Waals surface area contributed by atoms with E-state index in [-0.39, 0.29) is 0 Å². The van der Waals surface area contributed by atoms with Crippen molar-refractivity contribution in [3.8, 4) is 0 Å². The highest BCUT2D eigenvalue weighted by atomic mass is 15.1. The lowest BCUT2D eigenvalue weighted by Gasteiger charge is -2.10. The number of benzene rings is 1. The second-order valence-electron chi connectivity index (χ2n) is 3.84. The van der Waals surface area contributed by atoms with Crippen molar-refractivity contribution in [2.45, 2.75) is 13.5 Å². The maximum Gasteiger partial charge on any atom is 0.127 e. The van der Waals surface area contributed by atoms with Crippen LogP contribution in [0.15, 0.2) is 30.6 Å². The van der Waals surface area contributed by atoms with Crippen molar-refractivity contribution in [2.24, 2.45) is 7.05 Å². The fourth-order valence-electron chi connectivity index (χ4n) is 1.58. The van der Waals surface area contributed by atoms with Crippen LogP contribution in [0.4, 0.5) is 11.4 Å². The lowest BCUT2D eigenvalue weighted by Crippen LogP contribution is -2.07. The summed E-state index contributed by atoms with van der Waals surface area (Å²) < 4.78 is 1.99. The number of hydrogen-bond acceptors (Lipinski definition) is 3. The van der Waals surface area contributed by atoms with Gasteiger partial charge in [-0.05, 0) is 18.6 Å². The molecule has 0 amide bonds. The van der Waals surface area contributed by atoms with Gasteiger partial charge in [-0.2, -0.15) is 0 Å². The Labute approximate surface area is 95.1 Å². The molecule has 0 saturated heterocycles. The van der Waals surface area contributed by atoms with Crippen LogP contribution in [0.3, 0.4) is 0 Å². The summed E-state index contributed by atoms with van der Waals surface area (Å²) in [7, 11) is 1.98. The third-order valence-electron chi connectivity index (χ3n) is 2.68. The van der Waals surface area contributed by atoms with Crippen LogP contribution in [-0.4, -0.2) is 9.55 Å². The van der Waals surface area contributed by atoms with Crippen LogP contribution in [0.1, 0.15) is 11.4 Å². The number of imidazole rings is 1. The summed E-state index contributed by atoms with van der Waals surface area (Å²) in [5.74, 6) is 0.987. The van der Waals surface area contributed by atoms with Gasteiger partial charge in [0.2, 0.25) is 0 Å². The van der Waals surface area contributed by atoms with Crippen LogP contribution in [0.25, 0.3) is 0 Å². The molecular weight excluding hydrogens is 200 g/mol. The minimum Gasteiger partial charge on any atom is -0.397 e. The Morgan fingerprint density at radius 3 is 2.94 bits per heavy atom. The fraction of sp³-hybridized carbons (Fsp3) is 0.250. The summed E-state index contributed by atoms with van der Waals surface area (Å²) in [6.07, 6.45) is 3.72. The first-order valence-electron chi connectivity index (χ1n) is 5.23. The van der Waals surface area contributed by atoms with Gasteiger partial charge in [0, 0.05) is 19.4 Å². The minimum absolute atomic E-state index is 0.678. The zero-order valence-electron chi connectivity index (χ0n) is 9.57. The molecule has 16 heavy (non-hydrogen) atoms. The maximum atomic E-state index is 5.97. The van der Waals surface area contributed by atoms with Crippen LogP contribution in [-0.2, 0) is 13.6 Å². The van der Waals surface area contributed by atoms with E-state index in [1.165, 1.54) is 0 Å². The van der Waals surface area contributed by atoms with E-state index in [0.717, 1.165) is 22.8 Å². The summed E-state index contributed by atoms with van der Waals surface area (Å²) in [5, 5.41) is 3.29. The SMILES string of the molecule is Cc1cccc(NCc2nccn2C)c1N. The smallest absolute Gasteiger partial charge is 0.127 e. The Bertz CT molecular complexity index is 488. The summed E-state index contributed by atoms with van der Waals surface area (Å²) in [5.41, 5.74) is 8.82. The molecule has 3 N–H and O–H groups in total. The Morgan fingerprint density at radius 1 is 1.44 bits per heavy atom. The molecule has 0 aliphatic heterocycles. The van der Waals surface area contributed by atoms with E-state index in [9.17, 15) is 0 Å². The molecule has 1 heterocycles. The number of anilines is 2. The molecule has 0 aliphatic carbocycles. The summed E-state index contributed by atoms with van der Waals surface area (Å²) in [6.45, 7) is 2.68.